The molecule has 0 saturated heterocycles. The second-order valence-electron chi connectivity index (χ2n) is 5.08. The summed E-state index contributed by atoms with van der Waals surface area (Å²) in [5.41, 5.74) is 1.84. The van der Waals surface area contributed by atoms with Crippen molar-refractivity contribution in [3.8, 4) is 6.07 Å². The molecule has 0 bridgehead atoms. The maximum atomic E-state index is 12.1. The fourth-order valence-corrected chi connectivity index (χ4v) is 1.94. The van der Waals surface area contributed by atoms with Crippen LogP contribution in [0.5, 0.6) is 0 Å². The zero-order valence-corrected chi connectivity index (χ0v) is 13.0. The molecule has 0 heterocycles. The Kier molecular flexibility index (Phi) is 5.66. The Morgan fingerprint density at radius 2 is 1.96 bits per heavy atom. The highest BCUT2D eigenvalue weighted by Gasteiger charge is 2.19. The first kappa shape index (κ1) is 17.2. The number of nitrogens with one attached hydrogen (secondary N) is 1. The van der Waals surface area contributed by atoms with Crippen molar-refractivity contribution in [2.24, 2.45) is 0 Å². The van der Waals surface area contributed by atoms with E-state index in [9.17, 15) is 9.59 Å². The van der Waals surface area contributed by atoms with Gasteiger partial charge in [0.25, 0.3) is 5.91 Å². The van der Waals surface area contributed by atoms with Crippen LogP contribution in [0, 0.1) is 11.3 Å². The molecule has 0 aliphatic carbocycles. The zero-order chi connectivity index (χ0) is 17.5. The predicted octanol–water partition coefficient (Wildman–Crippen LogP) is 2.23. The zero-order valence-electron chi connectivity index (χ0n) is 13.0. The number of esters is 1. The minimum atomic E-state index is -0.999. The standard InChI is InChI=1S/C18H16N2O4/c1-12(17(22)20-16-4-2-3-14(9-16)10-19)24-18(23)15-7-5-13(11-21)6-8-15/h2-9,12,21H,11H2,1H3,(H,20,22). The number of rotatable bonds is 5. The average molecular weight is 324 g/mol. The number of benzene rings is 2. The number of nitrogens with zero attached hydrogens (tertiary/aromatic N) is 1. The van der Waals surface area contributed by atoms with Crippen LogP contribution in [0.3, 0.4) is 0 Å². The van der Waals surface area contributed by atoms with Gasteiger partial charge in [-0.15, -0.1) is 0 Å². The maximum absolute atomic E-state index is 12.1. The molecule has 0 spiro atoms. The Labute approximate surface area is 139 Å². The molecule has 0 radical (unpaired) electrons. The normalized spacial score (nSPS) is 11.2. The van der Waals surface area contributed by atoms with Crippen molar-refractivity contribution in [2.45, 2.75) is 19.6 Å². The van der Waals surface area contributed by atoms with Crippen LogP contribution in [0.2, 0.25) is 0 Å². The minimum absolute atomic E-state index is 0.115. The Hall–Kier alpha value is -3.17. The molecule has 1 unspecified atom stereocenters. The maximum Gasteiger partial charge on any atom is 0.338 e. The number of carbonyl (C=O) groups excluding carboxylic acids is 2. The molecule has 6 heteroatoms. The molecule has 0 aromatic heterocycles. The minimum Gasteiger partial charge on any atom is -0.449 e. The summed E-state index contributed by atoms with van der Waals surface area (Å²) in [7, 11) is 0. The third-order valence-electron chi connectivity index (χ3n) is 3.28. The van der Waals surface area contributed by atoms with Crippen LogP contribution >= 0.6 is 0 Å². The number of ether oxygens (including phenoxy) is 1. The average Bonchev–Trinajstić information content (AvgIpc) is 2.61. The van der Waals surface area contributed by atoms with Crippen molar-refractivity contribution in [1.29, 1.82) is 5.26 Å². The van der Waals surface area contributed by atoms with Gasteiger partial charge in [-0.1, -0.05) is 18.2 Å². The van der Waals surface area contributed by atoms with Crippen molar-refractivity contribution in [1.82, 2.24) is 0 Å². The van der Waals surface area contributed by atoms with Gasteiger partial charge >= 0.3 is 5.97 Å². The summed E-state index contributed by atoms with van der Waals surface area (Å²) in [4.78, 5) is 24.1. The molecule has 2 aromatic carbocycles. The van der Waals surface area contributed by atoms with E-state index in [0.29, 0.717) is 22.4 Å². The smallest absolute Gasteiger partial charge is 0.338 e. The summed E-state index contributed by atoms with van der Waals surface area (Å²) in [6.07, 6.45) is -0.999. The number of carbonyl (C=O) groups is 2. The monoisotopic (exact) mass is 324 g/mol. The molecule has 1 amide bonds. The highest BCUT2D eigenvalue weighted by atomic mass is 16.5. The number of aliphatic hydroxyl groups is 1. The Morgan fingerprint density at radius 3 is 2.58 bits per heavy atom. The number of amides is 1. The summed E-state index contributed by atoms with van der Waals surface area (Å²) in [6, 6.07) is 14.7. The van der Waals surface area contributed by atoms with Crippen LogP contribution in [0.1, 0.15) is 28.4 Å². The van der Waals surface area contributed by atoms with Gasteiger partial charge in [-0.05, 0) is 42.8 Å². The van der Waals surface area contributed by atoms with Gasteiger partial charge < -0.3 is 15.2 Å². The van der Waals surface area contributed by atoms with E-state index < -0.39 is 18.0 Å². The molecule has 2 rings (SSSR count). The lowest BCUT2D eigenvalue weighted by atomic mass is 10.1. The number of anilines is 1. The van der Waals surface area contributed by atoms with Crippen molar-refractivity contribution in [2.75, 3.05) is 5.32 Å². The van der Waals surface area contributed by atoms with Crippen molar-refractivity contribution >= 4 is 17.6 Å². The molecule has 1 atom stereocenters. The largest absolute Gasteiger partial charge is 0.449 e. The van der Waals surface area contributed by atoms with Crippen LogP contribution < -0.4 is 5.32 Å². The molecule has 0 saturated carbocycles. The quantitative estimate of drug-likeness (QED) is 0.822. The third kappa shape index (κ3) is 4.41. The van der Waals surface area contributed by atoms with Gasteiger partial charge in [0, 0.05) is 5.69 Å². The van der Waals surface area contributed by atoms with Crippen LogP contribution in [-0.4, -0.2) is 23.1 Å². The predicted molar refractivity (Wildman–Crippen MR) is 87.0 cm³/mol. The molecule has 0 aliphatic rings. The SMILES string of the molecule is CC(OC(=O)c1ccc(CO)cc1)C(=O)Nc1cccc(C#N)c1. The Bertz CT molecular complexity index is 778. The van der Waals surface area contributed by atoms with Crippen molar-refractivity contribution in [3.05, 3.63) is 65.2 Å². The molecule has 122 valence electrons. The number of aliphatic hydroxyl groups excluding tert-OH is 1. The van der Waals surface area contributed by atoms with E-state index in [1.54, 1.807) is 30.3 Å². The van der Waals surface area contributed by atoms with E-state index in [2.05, 4.69) is 5.32 Å². The number of nitriles is 1. The molecule has 2 aromatic rings. The molecule has 24 heavy (non-hydrogen) atoms. The molecular formula is C18H16N2O4. The van der Waals surface area contributed by atoms with Gasteiger partial charge in [0.1, 0.15) is 0 Å². The van der Waals surface area contributed by atoms with Crippen LogP contribution in [0.4, 0.5) is 5.69 Å². The second kappa shape index (κ2) is 7.90. The van der Waals surface area contributed by atoms with Gasteiger partial charge in [0.2, 0.25) is 0 Å². The third-order valence-corrected chi connectivity index (χ3v) is 3.28. The van der Waals surface area contributed by atoms with E-state index in [-0.39, 0.29) is 6.61 Å². The fourth-order valence-electron chi connectivity index (χ4n) is 1.94. The van der Waals surface area contributed by atoms with E-state index in [4.69, 9.17) is 15.1 Å². The van der Waals surface area contributed by atoms with E-state index >= 15 is 0 Å². The van der Waals surface area contributed by atoms with Gasteiger partial charge in [-0.2, -0.15) is 5.26 Å². The van der Waals surface area contributed by atoms with Crippen molar-refractivity contribution in [3.63, 3.8) is 0 Å². The topological polar surface area (TPSA) is 99.4 Å². The first-order chi connectivity index (χ1) is 11.5. The van der Waals surface area contributed by atoms with E-state index in [1.165, 1.54) is 25.1 Å². The highest BCUT2D eigenvalue weighted by Crippen LogP contribution is 2.12. The van der Waals surface area contributed by atoms with Gasteiger partial charge in [0.05, 0.1) is 23.8 Å². The van der Waals surface area contributed by atoms with Crippen molar-refractivity contribution < 1.29 is 19.4 Å². The molecule has 2 N–H and O–H groups in total. The van der Waals surface area contributed by atoms with Crippen LogP contribution in [-0.2, 0) is 16.1 Å². The van der Waals surface area contributed by atoms with Crippen LogP contribution in [0.25, 0.3) is 0 Å². The summed E-state index contributed by atoms with van der Waals surface area (Å²) in [5, 5.41) is 20.4. The lowest BCUT2D eigenvalue weighted by Crippen LogP contribution is -2.30. The lowest BCUT2D eigenvalue weighted by molar-refractivity contribution is -0.123. The first-order valence-corrected chi connectivity index (χ1v) is 7.25. The van der Waals surface area contributed by atoms with Crippen LogP contribution in [0.15, 0.2) is 48.5 Å². The van der Waals surface area contributed by atoms with Gasteiger partial charge in [-0.25, -0.2) is 4.79 Å². The number of hydrogen-bond donors (Lipinski definition) is 2. The Morgan fingerprint density at radius 1 is 1.25 bits per heavy atom. The second-order valence-corrected chi connectivity index (χ2v) is 5.08. The van der Waals surface area contributed by atoms with Gasteiger partial charge in [-0.3, -0.25) is 4.79 Å². The molecular weight excluding hydrogens is 308 g/mol. The molecule has 6 nitrogen and oxygen atoms in total. The fraction of sp³-hybridized carbons (Fsp3) is 0.167. The Balaban J connectivity index is 1.97. The lowest BCUT2D eigenvalue weighted by Gasteiger charge is -2.13. The van der Waals surface area contributed by atoms with Gasteiger partial charge in [0.15, 0.2) is 6.10 Å². The molecule has 0 fully saturated rings. The summed E-state index contributed by atoms with van der Waals surface area (Å²) in [6.45, 7) is 1.35. The van der Waals surface area contributed by atoms with E-state index in [1.807, 2.05) is 6.07 Å². The summed E-state index contributed by atoms with van der Waals surface area (Å²) >= 11 is 0. The summed E-state index contributed by atoms with van der Waals surface area (Å²) < 4.78 is 5.12. The number of hydrogen-bond acceptors (Lipinski definition) is 5. The van der Waals surface area contributed by atoms with E-state index in [0.717, 1.165) is 0 Å². The summed E-state index contributed by atoms with van der Waals surface area (Å²) in [5.74, 6) is -1.13. The molecule has 0 aliphatic heterocycles. The highest BCUT2D eigenvalue weighted by molar-refractivity contribution is 5.97. The first-order valence-electron chi connectivity index (χ1n) is 7.25.